The molecule has 1 atom stereocenters. The topological polar surface area (TPSA) is 88.3 Å². The van der Waals surface area contributed by atoms with E-state index in [1.807, 2.05) is 19.2 Å². The number of rotatable bonds is 6. The number of nitrogens with one attached hydrogen (secondary N) is 1. The van der Waals surface area contributed by atoms with Crippen LogP contribution in [0.5, 0.6) is 0 Å². The quantitative estimate of drug-likeness (QED) is 0.781. The standard InChI is InChI=1S/C12H20N4O2S/c1-8(2)11(13)12(18)14-4-10(17)16(3)5-9-6-19-7-15-9/h6-8,11H,4-5,13H2,1-3H3,(H,14,18)/t11-/m0/s1. The number of carbonyl (C=O) groups is 2. The van der Waals surface area contributed by atoms with Crippen LogP contribution in [0.1, 0.15) is 19.5 Å². The van der Waals surface area contributed by atoms with E-state index in [9.17, 15) is 9.59 Å². The highest BCUT2D eigenvalue weighted by molar-refractivity contribution is 7.07. The molecule has 1 heterocycles. The molecule has 0 aliphatic rings. The third-order valence-corrected chi connectivity index (χ3v) is 3.38. The molecular weight excluding hydrogens is 264 g/mol. The van der Waals surface area contributed by atoms with Crippen LogP contribution < -0.4 is 11.1 Å². The summed E-state index contributed by atoms with van der Waals surface area (Å²) in [5, 5.41) is 4.44. The zero-order chi connectivity index (χ0) is 14.4. The minimum Gasteiger partial charge on any atom is -0.346 e. The first kappa shape index (κ1) is 15.6. The fraction of sp³-hybridized carbons (Fsp3) is 0.583. The van der Waals surface area contributed by atoms with E-state index in [-0.39, 0.29) is 24.3 Å². The van der Waals surface area contributed by atoms with Crippen LogP contribution in [-0.2, 0) is 16.1 Å². The maximum Gasteiger partial charge on any atom is 0.242 e. The van der Waals surface area contributed by atoms with E-state index in [0.717, 1.165) is 5.69 Å². The summed E-state index contributed by atoms with van der Waals surface area (Å²) in [6, 6.07) is -0.586. The van der Waals surface area contributed by atoms with Crippen molar-refractivity contribution in [2.75, 3.05) is 13.6 Å². The van der Waals surface area contributed by atoms with Crippen LogP contribution in [0.4, 0.5) is 0 Å². The maximum absolute atomic E-state index is 11.8. The third-order valence-electron chi connectivity index (χ3n) is 2.74. The molecule has 1 rings (SSSR count). The van der Waals surface area contributed by atoms with Crippen LogP contribution in [0, 0.1) is 5.92 Å². The predicted molar refractivity (Wildman–Crippen MR) is 74.4 cm³/mol. The van der Waals surface area contributed by atoms with Crippen molar-refractivity contribution in [2.45, 2.75) is 26.4 Å². The molecule has 0 fully saturated rings. The first-order valence-corrected chi connectivity index (χ1v) is 7.00. The SMILES string of the molecule is CC(C)[C@H](N)C(=O)NCC(=O)N(C)Cc1cscn1. The first-order chi connectivity index (χ1) is 8.91. The molecule has 19 heavy (non-hydrogen) atoms. The second-order valence-electron chi connectivity index (χ2n) is 4.72. The lowest BCUT2D eigenvalue weighted by Crippen LogP contribution is -2.47. The monoisotopic (exact) mass is 284 g/mol. The lowest BCUT2D eigenvalue weighted by atomic mass is 10.1. The van der Waals surface area contributed by atoms with Crippen LogP contribution in [0.2, 0.25) is 0 Å². The summed E-state index contributed by atoms with van der Waals surface area (Å²) in [6.45, 7) is 4.12. The highest BCUT2D eigenvalue weighted by Gasteiger charge is 2.18. The molecule has 0 saturated carbocycles. The number of amides is 2. The Morgan fingerprint density at radius 1 is 1.53 bits per heavy atom. The van der Waals surface area contributed by atoms with Gasteiger partial charge in [0.1, 0.15) is 0 Å². The zero-order valence-electron chi connectivity index (χ0n) is 11.4. The number of thiazole rings is 1. The summed E-state index contributed by atoms with van der Waals surface area (Å²) in [5.74, 6) is -0.425. The molecule has 0 spiro atoms. The minimum absolute atomic E-state index is 0.0418. The van der Waals surface area contributed by atoms with Gasteiger partial charge in [0.05, 0.1) is 30.3 Å². The van der Waals surface area contributed by atoms with Crippen molar-refractivity contribution in [1.82, 2.24) is 15.2 Å². The summed E-state index contributed by atoms with van der Waals surface area (Å²) in [7, 11) is 1.68. The summed E-state index contributed by atoms with van der Waals surface area (Å²) in [4.78, 5) is 29.0. The Morgan fingerprint density at radius 3 is 2.74 bits per heavy atom. The van der Waals surface area contributed by atoms with E-state index in [0.29, 0.717) is 6.54 Å². The lowest BCUT2D eigenvalue weighted by molar-refractivity contribution is -0.132. The maximum atomic E-state index is 11.8. The largest absolute Gasteiger partial charge is 0.346 e. The average Bonchev–Trinajstić information content (AvgIpc) is 2.86. The van der Waals surface area contributed by atoms with E-state index >= 15 is 0 Å². The number of hydrogen-bond acceptors (Lipinski definition) is 5. The summed E-state index contributed by atoms with van der Waals surface area (Å²) in [5.41, 5.74) is 8.24. The lowest BCUT2D eigenvalue weighted by Gasteiger charge is -2.18. The number of likely N-dealkylation sites (N-methyl/N-ethyl adjacent to an activating group) is 1. The molecule has 0 radical (unpaired) electrons. The van der Waals surface area contributed by atoms with Crippen molar-refractivity contribution in [3.63, 3.8) is 0 Å². The van der Waals surface area contributed by atoms with E-state index in [1.165, 1.54) is 16.2 Å². The Hall–Kier alpha value is -1.47. The average molecular weight is 284 g/mol. The van der Waals surface area contributed by atoms with E-state index in [1.54, 1.807) is 12.6 Å². The summed E-state index contributed by atoms with van der Waals surface area (Å²) < 4.78 is 0. The molecular formula is C12H20N4O2S. The number of nitrogens with two attached hydrogens (primary N) is 1. The minimum atomic E-state index is -0.586. The number of carbonyl (C=O) groups excluding carboxylic acids is 2. The second kappa shape index (κ2) is 7.20. The van der Waals surface area contributed by atoms with Crippen LogP contribution in [0.15, 0.2) is 10.9 Å². The van der Waals surface area contributed by atoms with Crippen LogP contribution >= 0.6 is 11.3 Å². The Morgan fingerprint density at radius 2 is 2.21 bits per heavy atom. The summed E-state index contributed by atoms with van der Waals surface area (Å²) in [6.07, 6.45) is 0. The van der Waals surface area contributed by atoms with Gasteiger partial charge in [-0.1, -0.05) is 13.8 Å². The first-order valence-electron chi connectivity index (χ1n) is 6.06. The smallest absolute Gasteiger partial charge is 0.242 e. The molecule has 2 amide bonds. The fourth-order valence-electron chi connectivity index (χ4n) is 1.37. The van der Waals surface area contributed by atoms with Gasteiger partial charge in [-0.15, -0.1) is 11.3 Å². The van der Waals surface area contributed by atoms with Gasteiger partial charge in [0.2, 0.25) is 11.8 Å². The molecule has 0 unspecified atom stereocenters. The predicted octanol–water partition coefficient (Wildman–Crippen LogP) is 0.201. The van der Waals surface area contributed by atoms with Crippen molar-refractivity contribution < 1.29 is 9.59 Å². The number of hydrogen-bond donors (Lipinski definition) is 2. The fourth-order valence-corrected chi connectivity index (χ4v) is 1.91. The van der Waals surface area contributed by atoms with Crippen LogP contribution in [0.3, 0.4) is 0 Å². The Labute approximate surface area is 117 Å². The number of nitrogens with zero attached hydrogens (tertiary/aromatic N) is 2. The Kier molecular flexibility index (Phi) is 5.91. The zero-order valence-corrected chi connectivity index (χ0v) is 12.2. The molecule has 0 aliphatic heterocycles. The Balaban J connectivity index is 2.36. The van der Waals surface area contributed by atoms with Gasteiger partial charge < -0.3 is 16.0 Å². The molecule has 106 valence electrons. The van der Waals surface area contributed by atoms with Crippen LogP contribution in [-0.4, -0.2) is 41.3 Å². The van der Waals surface area contributed by atoms with Crippen LogP contribution in [0.25, 0.3) is 0 Å². The molecule has 3 N–H and O–H groups in total. The van der Waals surface area contributed by atoms with Gasteiger partial charge in [-0.3, -0.25) is 9.59 Å². The second-order valence-corrected chi connectivity index (χ2v) is 5.44. The van der Waals surface area contributed by atoms with Crippen molar-refractivity contribution in [2.24, 2.45) is 11.7 Å². The normalized spacial score (nSPS) is 12.3. The van der Waals surface area contributed by atoms with Crippen molar-refractivity contribution in [3.8, 4) is 0 Å². The van der Waals surface area contributed by atoms with Gasteiger partial charge in [0.15, 0.2) is 0 Å². The van der Waals surface area contributed by atoms with Gasteiger partial charge >= 0.3 is 0 Å². The van der Waals surface area contributed by atoms with Gasteiger partial charge in [0.25, 0.3) is 0 Å². The van der Waals surface area contributed by atoms with E-state index in [2.05, 4.69) is 10.3 Å². The highest BCUT2D eigenvalue weighted by atomic mass is 32.1. The molecule has 0 bridgehead atoms. The van der Waals surface area contributed by atoms with Gasteiger partial charge in [-0.25, -0.2) is 4.98 Å². The molecule has 1 aromatic heterocycles. The van der Waals surface area contributed by atoms with Crippen molar-refractivity contribution in [1.29, 1.82) is 0 Å². The Bertz CT molecular complexity index is 419. The van der Waals surface area contributed by atoms with Crippen molar-refractivity contribution >= 4 is 23.2 Å². The molecule has 0 saturated heterocycles. The molecule has 0 aliphatic carbocycles. The summed E-state index contributed by atoms with van der Waals surface area (Å²) >= 11 is 1.48. The molecule has 7 heteroatoms. The van der Waals surface area contributed by atoms with Gasteiger partial charge in [-0.05, 0) is 5.92 Å². The molecule has 1 aromatic rings. The van der Waals surface area contributed by atoms with Gasteiger partial charge in [0, 0.05) is 12.4 Å². The third kappa shape index (κ3) is 4.96. The number of aromatic nitrogens is 1. The van der Waals surface area contributed by atoms with Crippen molar-refractivity contribution in [3.05, 3.63) is 16.6 Å². The molecule has 0 aromatic carbocycles. The van der Waals surface area contributed by atoms with E-state index in [4.69, 9.17) is 5.73 Å². The van der Waals surface area contributed by atoms with E-state index < -0.39 is 6.04 Å². The molecule has 6 nitrogen and oxygen atoms in total. The highest BCUT2D eigenvalue weighted by Crippen LogP contribution is 2.04. The van der Waals surface area contributed by atoms with Gasteiger partial charge in [-0.2, -0.15) is 0 Å².